The lowest BCUT2D eigenvalue weighted by Crippen LogP contribution is -2.40. The first-order chi connectivity index (χ1) is 12.2. The molecule has 1 amide bonds. The van der Waals surface area contributed by atoms with Gasteiger partial charge in [-0.05, 0) is 26.2 Å². The van der Waals surface area contributed by atoms with Gasteiger partial charge >= 0.3 is 0 Å². The summed E-state index contributed by atoms with van der Waals surface area (Å²) < 4.78 is 2.02. The average molecular weight is 356 g/mol. The molecule has 25 heavy (non-hydrogen) atoms. The maximum absolute atomic E-state index is 12.7. The second-order valence-corrected chi connectivity index (χ2v) is 7.53. The summed E-state index contributed by atoms with van der Waals surface area (Å²) in [6, 6.07) is 9.97. The Balaban J connectivity index is 1.78. The van der Waals surface area contributed by atoms with Gasteiger partial charge in [-0.2, -0.15) is 0 Å². The lowest BCUT2D eigenvalue weighted by atomic mass is 10.1. The second kappa shape index (κ2) is 8.34. The van der Waals surface area contributed by atoms with Crippen LogP contribution in [0.15, 0.2) is 48.1 Å². The van der Waals surface area contributed by atoms with Gasteiger partial charge < -0.3 is 4.90 Å². The summed E-state index contributed by atoms with van der Waals surface area (Å²) in [6.07, 6.45) is 5.26. The highest BCUT2D eigenvalue weighted by Crippen LogP contribution is 2.28. The van der Waals surface area contributed by atoms with Crippen molar-refractivity contribution in [1.29, 1.82) is 0 Å². The van der Waals surface area contributed by atoms with Crippen LogP contribution >= 0.6 is 11.8 Å². The highest BCUT2D eigenvalue weighted by Gasteiger charge is 2.25. The van der Waals surface area contributed by atoms with Crippen LogP contribution < -0.4 is 0 Å². The number of aromatic nitrogens is 3. The Labute approximate surface area is 153 Å². The van der Waals surface area contributed by atoms with E-state index in [-0.39, 0.29) is 11.2 Å². The van der Waals surface area contributed by atoms with E-state index < -0.39 is 0 Å². The molecule has 6 heteroatoms. The van der Waals surface area contributed by atoms with Crippen molar-refractivity contribution < 1.29 is 4.79 Å². The Kier molecular flexibility index (Phi) is 5.91. The minimum Gasteiger partial charge on any atom is -0.342 e. The molecule has 0 radical (unpaired) electrons. The largest absolute Gasteiger partial charge is 0.342 e. The fraction of sp³-hybridized carbons (Fsp3) is 0.421. The number of allylic oxidation sites excluding steroid dienone is 1. The zero-order valence-electron chi connectivity index (χ0n) is 14.6. The number of nitrogens with zero attached hydrogens (tertiary/aromatic N) is 4. The molecule has 1 aliphatic rings. The number of carbonyl (C=O) groups is 1. The predicted molar refractivity (Wildman–Crippen MR) is 101 cm³/mol. The molecule has 3 rings (SSSR count). The van der Waals surface area contributed by atoms with Gasteiger partial charge in [-0.3, -0.25) is 9.36 Å². The zero-order chi connectivity index (χ0) is 17.6. The molecule has 0 aliphatic carbocycles. The van der Waals surface area contributed by atoms with Crippen LogP contribution in [0.4, 0.5) is 0 Å². The fourth-order valence-electron chi connectivity index (χ4n) is 3.05. The molecular formula is C19H24N4OS. The molecule has 1 aromatic heterocycles. The summed E-state index contributed by atoms with van der Waals surface area (Å²) in [5, 5.41) is 9.27. The highest BCUT2D eigenvalue weighted by molar-refractivity contribution is 8.00. The van der Waals surface area contributed by atoms with Gasteiger partial charge in [-0.1, -0.05) is 48.2 Å². The van der Waals surface area contributed by atoms with Gasteiger partial charge in [0.05, 0.1) is 5.25 Å². The molecule has 2 aromatic rings. The molecular weight excluding hydrogens is 332 g/mol. The van der Waals surface area contributed by atoms with Crippen LogP contribution in [0.5, 0.6) is 0 Å². The number of likely N-dealkylation sites (tertiary alicyclic amines) is 1. The monoisotopic (exact) mass is 356 g/mol. The molecule has 1 fully saturated rings. The number of amides is 1. The van der Waals surface area contributed by atoms with Crippen LogP contribution in [0.2, 0.25) is 0 Å². The van der Waals surface area contributed by atoms with Crippen molar-refractivity contribution in [3.05, 3.63) is 43.0 Å². The van der Waals surface area contributed by atoms with Crippen molar-refractivity contribution in [3.63, 3.8) is 0 Å². The van der Waals surface area contributed by atoms with Crippen molar-refractivity contribution in [2.45, 2.75) is 43.1 Å². The van der Waals surface area contributed by atoms with Crippen LogP contribution in [0.3, 0.4) is 0 Å². The summed E-state index contributed by atoms with van der Waals surface area (Å²) in [5.41, 5.74) is 1.01. The van der Waals surface area contributed by atoms with E-state index in [0.717, 1.165) is 42.5 Å². The van der Waals surface area contributed by atoms with Gasteiger partial charge in [0.25, 0.3) is 0 Å². The van der Waals surface area contributed by atoms with E-state index in [9.17, 15) is 4.79 Å². The number of hydrogen-bond acceptors (Lipinski definition) is 4. The number of thioether (sulfide) groups is 1. The van der Waals surface area contributed by atoms with E-state index >= 15 is 0 Å². The van der Waals surface area contributed by atoms with E-state index in [1.165, 1.54) is 18.2 Å². The predicted octanol–water partition coefficient (Wildman–Crippen LogP) is 3.62. The first-order valence-corrected chi connectivity index (χ1v) is 9.63. The lowest BCUT2D eigenvalue weighted by molar-refractivity contribution is -0.131. The molecule has 0 saturated carbocycles. The summed E-state index contributed by atoms with van der Waals surface area (Å²) in [6.45, 7) is 8.16. The molecule has 1 unspecified atom stereocenters. The standard InChI is InChI=1S/C19H24N4OS/c1-3-12-23-17(16-10-6-4-7-11-16)20-21-19(23)25-15(2)18(24)22-13-8-5-9-14-22/h3-4,6-7,10-11,15H,1,5,8-9,12-14H2,2H3. The topological polar surface area (TPSA) is 51.0 Å². The normalized spacial score (nSPS) is 15.8. The molecule has 1 aliphatic heterocycles. The maximum atomic E-state index is 12.7. The third-order valence-electron chi connectivity index (χ3n) is 4.36. The Morgan fingerprint density at radius 1 is 1.24 bits per heavy atom. The number of carbonyl (C=O) groups excluding carboxylic acids is 1. The van der Waals surface area contributed by atoms with Gasteiger partial charge in [0, 0.05) is 25.2 Å². The first kappa shape index (κ1) is 17.7. The summed E-state index contributed by atoms with van der Waals surface area (Å²) in [4.78, 5) is 14.7. The number of piperidine rings is 1. The van der Waals surface area contributed by atoms with E-state index in [1.807, 2.05) is 52.8 Å². The number of hydrogen-bond donors (Lipinski definition) is 0. The van der Waals surface area contributed by atoms with Gasteiger partial charge in [0.15, 0.2) is 11.0 Å². The van der Waals surface area contributed by atoms with Crippen LogP contribution in [0.1, 0.15) is 26.2 Å². The van der Waals surface area contributed by atoms with Crippen molar-refractivity contribution >= 4 is 17.7 Å². The Bertz CT molecular complexity index is 722. The Morgan fingerprint density at radius 2 is 1.96 bits per heavy atom. The minimum absolute atomic E-state index is 0.172. The summed E-state index contributed by atoms with van der Waals surface area (Å²) >= 11 is 1.48. The van der Waals surface area contributed by atoms with Crippen molar-refractivity contribution in [1.82, 2.24) is 19.7 Å². The number of rotatable bonds is 6. The molecule has 5 nitrogen and oxygen atoms in total. The molecule has 2 heterocycles. The molecule has 1 aromatic carbocycles. The molecule has 0 spiro atoms. The number of benzene rings is 1. The third-order valence-corrected chi connectivity index (χ3v) is 5.43. The SMILES string of the molecule is C=CCn1c(SC(C)C(=O)N2CCCCC2)nnc1-c1ccccc1. The fourth-order valence-corrected chi connectivity index (χ4v) is 3.99. The van der Waals surface area contributed by atoms with Crippen LogP contribution in [-0.4, -0.2) is 43.9 Å². The van der Waals surface area contributed by atoms with Gasteiger partial charge in [-0.25, -0.2) is 0 Å². The molecule has 0 N–H and O–H groups in total. The van der Waals surface area contributed by atoms with Gasteiger partial charge in [0.2, 0.25) is 5.91 Å². The highest BCUT2D eigenvalue weighted by atomic mass is 32.2. The Morgan fingerprint density at radius 3 is 2.64 bits per heavy atom. The average Bonchev–Trinajstić information content (AvgIpc) is 3.05. The van der Waals surface area contributed by atoms with E-state index in [1.54, 1.807) is 0 Å². The molecule has 0 bridgehead atoms. The lowest BCUT2D eigenvalue weighted by Gasteiger charge is -2.28. The van der Waals surface area contributed by atoms with Crippen LogP contribution in [0, 0.1) is 0 Å². The molecule has 1 atom stereocenters. The smallest absolute Gasteiger partial charge is 0.235 e. The Hall–Kier alpha value is -2.08. The van der Waals surface area contributed by atoms with Crippen molar-refractivity contribution in [2.75, 3.05) is 13.1 Å². The minimum atomic E-state index is -0.172. The van der Waals surface area contributed by atoms with Gasteiger partial charge in [-0.15, -0.1) is 16.8 Å². The first-order valence-electron chi connectivity index (χ1n) is 8.75. The van der Waals surface area contributed by atoms with Crippen molar-refractivity contribution in [2.24, 2.45) is 0 Å². The quantitative estimate of drug-likeness (QED) is 0.586. The maximum Gasteiger partial charge on any atom is 0.235 e. The van der Waals surface area contributed by atoms with E-state index in [4.69, 9.17) is 0 Å². The zero-order valence-corrected chi connectivity index (χ0v) is 15.4. The summed E-state index contributed by atoms with van der Waals surface area (Å²) in [5.74, 6) is 1.000. The van der Waals surface area contributed by atoms with Crippen LogP contribution in [0.25, 0.3) is 11.4 Å². The molecule has 1 saturated heterocycles. The van der Waals surface area contributed by atoms with Gasteiger partial charge in [0.1, 0.15) is 0 Å². The van der Waals surface area contributed by atoms with Crippen LogP contribution in [-0.2, 0) is 11.3 Å². The molecule has 132 valence electrons. The van der Waals surface area contributed by atoms with Crippen molar-refractivity contribution in [3.8, 4) is 11.4 Å². The van der Waals surface area contributed by atoms with E-state index in [2.05, 4.69) is 16.8 Å². The van der Waals surface area contributed by atoms with E-state index in [0.29, 0.717) is 6.54 Å². The third kappa shape index (κ3) is 4.12. The second-order valence-electron chi connectivity index (χ2n) is 6.22. The summed E-state index contributed by atoms with van der Waals surface area (Å²) in [7, 11) is 0.